The minimum absolute atomic E-state index is 0.0377. The molecule has 0 bridgehead atoms. The van der Waals surface area contributed by atoms with E-state index in [2.05, 4.69) is 10.5 Å². The third kappa shape index (κ3) is 3.22. The summed E-state index contributed by atoms with van der Waals surface area (Å²) in [5.74, 6) is -1.27. The van der Waals surface area contributed by atoms with Gasteiger partial charge in [-0.05, 0) is 23.1 Å². The number of hydroxylamine groups is 1. The maximum absolute atomic E-state index is 12.5. The Labute approximate surface area is 155 Å². The first-order valence-electron chi connectivity index (χ1n) is 8.58. The molecule has 136 valence electrons. The number of aromatic amines is 1. The van der Waals surface area contributed by atoms with Gasteiger partial charge in [0.2, 0.25) is 0 Å². The van der Waals surface area contributed by atoms with E-state index in [9.17, 15) is 9.59 Å². The second kappa shape index (κ2) is 7.09. The highest BCUT2D eigenvalue weighted by Crippen LogP contribution is 2.34. The van der Waals surface area contributed by atoms with Crippen LogP contribution in [0.3, 0.4) is 0 Å². The molecule has 27 heavy (non-hydrogen) atoms. The lowest BCUT2D eigenvalue weighted by molar-refractivity contribution is -0.142. The SMILES string of the molecule is CONC(=O)C1=C(c2cc3ccccc3[nH]2)C(Cc2ccccc2)OC1=O. The van der Waals surface area contributed by atoms with Crippen molar-refractivity contribution in [1.29, 1.82) is 0 Å². The number of carbonyl (C=O) groups is 2. The highest BCUT2D eigenvalue weighted by molar-refractivity contribution is 6.24. The van der Waals surface area contributed by atoms with Gasteiger partial charge >= 0.3 is 5.97 Å². The monoisotopic (exact) mass is 362 g/mol. The zero-order valence-corrected chi connectivity index (χ0v) is 14.7. The largest absolute Gasteiger partial charge is 0.453 e. The number of carbonyl (C=O) groups excluding carboxylic acids is 2. The lowest BCUT2D eigenvalue weighted by atomic mass is 9.96. The summed E-state index contributed by atoms with van der Waals surface area (Å²) in [4.78, 5) is 32.9. The van der Waals surface area contributed by atoms with Crippen LogP contribution in [0.2, 0.25) is 0 Å². The molecule has 6 nitrogen and oxygen atoms in total. The van der Waals surface area contributed by atoms with Crippen LogP contribution in [0.1, 0.15) is 11.3 Å². The van der Waals surface area contributed by atoms with E-state index >= 15 is 0 Å². The van der Waals surface area contributed by atoms with Gasteiger partial charge in [0.05, 0.1) is 7.11 Å². The summed E-state index contributed by atoms with van der Waals surface area (Å²) in [6.45, 7) is 0. The Bertz CT molecular complexity index is 1000. The zero-order chi connectivity index (χ0) is 18.8. The van der Waals surface area contributed by atoms with Gasteiger partial charge in [-0.3, -0.25) is 9.63 Å². The summed E-state index contributed by atoms with van der Waals surface area (Å²) in [5.41, 5.74) is 5.34. The topological polar surface area (TPSA) is 80.4 Å². The van der Waals surface area contributed by atoms with Crippen molar-refractivity contribution in [3.63, 3.8) is 0 Å². The summed E-state index contributed by atoms with van der Waals surface area (Å²) in [7, 11) is 1.32. The minimum atomic E-state index is -0.654. The molecular weight excluding hydrogens is 344 g/mol. The molecule has 2 aromatic carbocycles. The van der Waals surface area contributed by atoms with Crippen molar-refractivity contribution < 1.29 is 19.2 Å². The zero-order valence-electron chi connectivity index (χ0n) is 14.7. The normalized spacial score (nSPS) is 16.6. The fourth-order valence-electron chi connectivity index (χ4n) is 3.38. The van der Waals surface area contributed by atoms with Crippen molar-refractivity contribution in [3.8, 4) is 0 Å². The average molecular weight is 362 g/mol. The lowest BCUT2D eigenvalue weighted by Crippen LogP contribution is -2.26. The molecule has 1 amide bonds. The number of aromatic nitrogens is 1. The van der Waals surface area contributed by atoms with Gasteiger partial charge in [0, 0.05) is 23.2 Å². The van der Waals surface area contributed by atoms with Crippen molar-refractivity contribution in [1.82, 2.24) is 10.5 Å². The van der Waals surface area contributed by atoms with Crippen molar-refractivity contribution in [2.45, 2.75) is 12.5 Å². The fraction of sp³-hybridized carbons (Fsp3) is 0.143. The number of ether oxygens (including phenoxy) is 1. The highest BCUT2D eigenvalue weighted by Gasteiger charge is 2.39. The van der Waals surface area contributed by atoms with E-state index in [-0.39, 0.29) is 5.57 Å². The van der Waals surface area contributed by atoms with E-state index in [0.717, 1.165) is 16.5 Å². The molecule has 0 radical (unpaired) electrons. The van der Waals surface area contributed by atoms with Crippen LogP contribution >= 0.6 is 0 Å². The van der Waals surface area contributed by atoms with Crippen LogP contribution in [0.4, 0.5) is 0 Å². The number of cyclic esters (lactones) is 1. The maximum atomic E-state index is 12.5. The van der Waals surface area contributed by atoms with Gasteiger partial charge in [-0.15, -0.1) is 0 Å². The summed E-state index contributed by atoms with van der Waals surface area (Å²) >= 11 is 0. The fourth-order valence-corrected chi connectivity index (χ4v) is 3.38. The molecule has 1 unspecified atom stereocenters. The Morgan fingerprint density at radius 1 is 1.15 bits per heavy atom. The number of benzene rings is 2. The Morgan fingerprint density at radius 3 is 2.63 bits per heavy atom. The quantitative estimate of drug-likeness (QED) is 0.415. The number of nitrogens with one attached hydrogen (secondary N) is 2. The number of hydrogen-bond donors (Lipinski definition) is 2. The maximum Gasteiger partial charge on any atom is 0.344 e. The van der Waals surface area contributed by atoms with Crippen LogP contribution in [0.5, 0.6) is 0 Å². The smallest absolute Gasteiger partial charge is 0.344 e. The van der Waals surface area contributed by atoms with Crippen molar-refractivity contribution in [2.24, 2.45) is 0 Å². The number of amides is 1. The van der Waals surface area contributed by atoms with Crippen LogP contribution in [0.25, 0.3) is 16.5 Å². The minimum Gasteiger partial charge on any atom is -0.453 e. The first kappa shape index (κ1) is 17.1. The van der Waals surface area contributed by atoms with E-state index in [0.29, 0.717) is 17.7 Å². The molecule has 1 atom stereocenters. The molecule has 4 rings (SSSR count). The van der Waals surface area contributed by atoms with Crippen LogP contribution < -0.4 is 5.48 Å². The van der Waals surface area contributed by atoms with Gasteiger partial charge in [-0.1, -0.05) is 48.5 Å². The molecule has 6 heteroatoms. The van der Waals surface area contributed by atoms with Crippen LogP contribution in [0, 0.1) is 0 Å². The lowest BCUT2D eigenvalue weighted by Gasteiger charge is -2.13. The second-order valence-corrected chi connectivity index (χ2v) is 6.28. The number of hydrogen-bond acceptors (Lipinski definition) is 4. The number of rotatable bonds is 5. The molecule has 0 spiro atoms. The van der Waals surface area contributed by atoms with E-state index < -0.39 is 18.0 Å². The molecule has 3 aromatic rings. The van der Waals surface area contributed by atoms with Gasteiger partial charge in [-0.2, -0.15) is 0 Å². The van der Waals surface area contributed by atoms with Crippen molar-refractivity contribution in [2.75, 3.05) is 7.11 Å². The van der Waals surface area contributed by atoms with Gasteiger partial charge < -0.3 is 9.72 Å². The van der Waals surface area contributed by atoms with Gasteiger partial charge in [0.1, 0.15) is 11.7 Å². The second-order valence-electron chi connectivity index (χ2n) is 6.28. The van der Waals surface area contributed by atoms with E-state index in [4.69, 9.17) is 9.57 Å². The van der Waals surface area contributed by atoms with Crippen molar-refractivity contribution in [3.05, 3.63) is 77.5 Å². The molecule has 0 saturated heterocycles. The van der Waals surface area contributed by atoms with Crippen LogP contribution in [0.15, 0.2) is 66.2 Å². The molecule has 2 heterocycles. The predicted octanol–water partition coefficient (Wildman–Crippen LogP) is 2.77. The molecule has 0 saturated carbocycles. The molecule has 0 fully saturated rings. The molecule has 1 aliphatic heterocycles. The molecule has 1 aromatic heterocycles. The first-order valence-corrected chi connectivity index (χ1v) is 8.58. The number of esters is 1. The Balaban J connectivity index is 1.82. The van der Waals surface area contributed by atoms with Crippen LogP contribution in [-0.2, 0) is 25.6 Å². The molecule has 0 aliphatic carbocycles. The van der Waals surface area contributed by atoms with Gasteiger partial charge in [0.25, 0.3) is 5.91 Å². The summed E-state index contributed by atoms with van der Waals surface area (Å²) in [6, 6.07) is 19.4. The number of para-hydroxylation sites is 1. The Morgan fingerprint density at radius 2 is 1.89 bits per heavy atom. The highest BCUT2D eigenvalue weighted by atomic mass is 16.6. The molecule has 2 N–H and O–H groups in total. The van der Waals surface area contributed by atoms with Gasteiger partial charge in [-0.25, -0.2) is 10.3 Å². The average Bonchev–Trinajstić information content (AvgIpc) is 3.23. The Kier molecular flexibility index (Phi) is 4.48. The van der Waals surface area contributed by atoms with Gasteiger partial charge in [0.15, 0.2) is 0 Å². The summed E-state index contributed by atoms with van der Waals surface area (Å²) < 4.78 is 5.56. The first-order chi connectivity index (χ1) is 13.2. The summed E-state index contributed by atoms with van der Waals surface area (Å²) in [6.07, 6.45) is -0.0910. The third-order valence-electron chi connectivity index (χ3n) is 4.55. The van der Waals surface area contributed by atoms with Crippen LogP contribution in [-0.4, -0.2) is 30.1 Å². The predicted molar refractivity (Wildman–Crippen MR) is 100 cm³/mol. The van der Waals surface area contributed by atoms with E-state index in [1.54, 1.807) is 0 Å². The number of fused-ring (bicyclic) bond motifs is 1. The molecule has 1 aliphatic rings. The standard InChI is InChI=1S/C21H18N2O4/c1-26-23-20(24)19-18(16-12-14-9-5-6-10-15(14)22-16)17(27-21(19)25)11-13-7-3-2-4-8-13/h2-10,12,17,22H,11H2,1H3,(H,23,24). The number of H-pyrrole nitrogens is 1. The molecular formula is C21H18N2O4. The van der Waals surface area contributed by atoms with E-state index in [1.807, 2.05) is 60.7 Å². The summed E-state index contributed by atoms with van der Waals surface area (Å²) in [5, 5.41) is 0.990. The van der Waals surface area contributed by atoms with Crippen molar-refractivity contribution >= 4 is 28.4 Å². The Hall–Kier alpha value is -3.38. The van der Waals surface area contributed by atoms with E-state index in [1.165, 1.54) is 7.11 Å². The third-order valence-corrected chi connectivity index (χ3v) is 4.55.